The second-order valence-electron chi connectivity index (χ2n) is 6.03. The molecule has 0 bridgehead atoms. The molecule has 1 heterocycles. The molecule has 2 aromatic carbocycles. The number of carbonyl (C=O) groups is 2. The Balaban J connectivity index is 1.69. The fourth-order valence-corrected chi connectivity index (χ4v) is 2.53. The number of hydrogen-bond donors (Lipinski definition) is 1. The van der Waals surface area contributed by atoms with E-state index >= 15 is 0 Å². The van der Waals surface area contributed by atoms with Gasteiger partial charge in [0.05, 0.1) is 27.5 Å². The second-order valence-corrected chi connectivity index (χ2v) is 6.44. The lowest BCUT2D eigenvalue weighted by molar-refractivity contribution is -0.137. The number of tetrazole rings is 1. The van der Waals surface area contributed by atoms with Crippen molar-refractivity contribution in [3.05, 3.63) is 64.9 Å². The van der Waals surface area contributed by atoms with Gasteiger partial charge in [0.15, 0.2) is 6.10 Å². The number of carbonyl (C=O) groups excluding carboxylic acids is 2. The van der Waals surface area contributed by atoms with Crippen LogP contribution in [0.25, 0.3) is 5.69 Å². The molecule has 0 saturated carbocycles. The zero-order valence-electron chi connectivity index (χ0n) is 15.2. The van der Waals surface area contributed by atoms with E-state index in [1.807, 2.05) is 0 Å². The van der Waals surface area contributed by atoms with Crippen molar-refractivity contribution in [3.8, 4) is 5.69 Å². The highest BCUT2D eigenvalue weighted by atomic mass is 35.5. The summed E-state index contributed by atoms with van der Waals surface area (Å²) in [6.45, 7) is 1.28. The number of nitrogens with one attached hydrogen (secondary N) is 1. The van der Waals surface area contributed by atoms with Crippen LogP contribution in [0.5, 0.6) is 0 Å². The molecule has 12 heteroatoms. The van der Waals surface area contributed by atoms with Gasteiger partial charge in [-0.25, -0.2) is 9.48 Å². The molecule has 156 valence electrons. The zero-order valence-corrected chi connectivity index (χ0v) is 16.0. The van der Waals surface area contributed by atoms with Crippen LogP contribution in [0.1, 0.15) is 22.8 Å². The number of aromatic nitrogens is 4. The lowest BCUT2D eigenvalue weighted by atomic mass is 10.2. The van der Waals surface area contributed by atoms with Gasteiger partial charge in [-0.1, -0.05) is 17.7 Å². The predicted molar refractivity (Wildman–Crippen MR) is 99.1 cm³/mol. The number of amides is 1. The van der Waals surface area contributed by atoms with E-state index in [2.05, 4.69) is 20.8 Å². The van der Waals surface area contributed by atoms with Crippen LogP contribution in [0.4, 0.5) is 18.9 Å². The van der Waals surface area contributed by atoms with Crippen LogP contribution in [0.2, 0.25) is 5.02 Å². The minimum absolute atomic E-state index is 0.0935. The summed E-state index contributed by atoms with van der Waals surface area (Å²) in [6.07, 6.45) is -4.58. The lowest BCUT2D eigenvalue weighted by Gasteiger charge is -2.16. The van der Waals surface area contributed by atoms with Gasteiger partial charge in [0, 0.05) is 0 Å². The summed E-state index contributed by atoms with van der Waals surface area (Å²) >= 11 is 5.85. The van der Waals surface area contributed by atoms with Crippen molar-refractivity contribution in [3.63, 3.8) is 0 Å². The molecule has 0 spiro atoms. The third-order valence-electron chi connectivity index (χ3n) is 3.90. The molecule has 0 aliphatic carbocycles. The summed E-state index contributed by atoms with van der Waals surface area (Å²) in [5, 5.41) is 12.8. The number of hydrogen-bond acceptors (Lipinski definition) is 6. The maximum absolute atomic E-state index is 12.9. The highest BCUT2D eigenvalue weighted by Crippen LogP contribution is 2.33. The van der Waals surface area contributed by atoms with E-state index in [1.54, 1.807) is 12.1 Å². The molecule has 1 atom stereocenters. The number of halogens is 4. The number of ether oxygens (including phenoxy) is 1. The van der Waals surface area contributed by atoms with E-state index in [1.165, 1.54) is 30.1 Å². The Labute approximate surface area is 172 Å². The average molecular weight is 440 g/mol. The molecule has 0 aliphatic rings. The number of nitrogens with zero attached hydrogens (tertiary/aromatic N) is 4. The van der Waals surface area contributed by atoms with E-state index in [4.69, 9.17) is 16.3 Å². The topological polar surface area (TPSA) is 99.0 Å². The Kier molecular flexibility index (Phi) is 6.01. The van der Waals surface area contributed by atoms with Gasteiger partial charge in [0.1, 0.15) is 6.33 Å². The minimum atomic E-state index is -4.60. The maximum Gasteiger partial charge on any atom is 0.416 e. The van der Waals surface area contributed by atoms with Crippen molar-refractivity contribution in [2.45, 2.75) is 19.2 Å². The molecule has 1 amide bonds. The van der Waals surface area contributed by atoms with Gasteiger partial charge in [-0.15, -0.1) is 5.10 Å². The zero-order chi connectivity index (χ0) is 21.9. The molecule has 0 radical (unpaired) electrons. The molecule has 0 fully saturated rings. The maximum atomic E-state index is 12.9. The quantitative estimate of drug-likeness (QED) is 0.611. The van der Waals surface area contributed by atoms with Gasteiger partial charge in [0.25, 0.3) is 5.91 Å². The Morgan fingerprint density at radius 3 is 2.63 bits per heavy atom. The third kappa shape index (κ3) is 4.92. The number of esters is 1. The van der Waals surface area contributed by atoms with Crippen molar-refractivity contribution in [2.75, 3.05) is 5.32 Å². The molecule has 30 heavy (non-hydrogen) atoms. The summed E-state index contributed by atoms with van der Waals surface area (Å²) in [4.78, 5) is 24.6. The largest absolute Gasteiger partial charge is 0.449 e. The molecule has 1 aromatic heterocycles. The van der Waals surface area contributed by atoms with Gasteiger partial charge < -0.3 is 10.1 Å². The summed E-state index contributed by atoms with van der Waals surface area (Å²) in [5.41, 5.74) is -0.617. The Morgan fingerprint density at radius 2 is 1.97 bits per heavy atom. The molecule has 1 N–H and O–H groups in total. The van der Waals surface area contributed by atoms with Crippen molar-refractivity contribution >= 4 is 29.2 Å². The summed E-state index contributed by atoms with van der Waals surface area (Å²) in [5.74, 6) is -1.66. The van der Waals surface area contributed by atoms with Crippen molar-refractivity contribution in [1.29, 1.82) is 0 Å². The lowest BCUT2D eigenvalue weighted by Crippen LogP contribution is -2.30. The second kappa shape index (κ2) is 8.49. The third-order valence-corrected chi connectivity index (χ3v) is 4.23. The first-order valence-electron chi connectivity index (χ1n) is 8.37. The normalized spacial score (nSPS) is 12.3. The molecule has 3 aromatic rings. The number of benzene rings is 2. The SMILES string of the molecule is C[C@@H](OC(=O)c1cccc(-n2cnnn2)c1)C(=O)Nc1cc(C(F)(F)F)ccc1Cl. The highest BCUT2D eigenvalue weighted by Gasteiger charge is 2.31. The molecule has 0 aliphatic heterocycles. The number of rotatable bonds is 5. The van der Waals surface area contributed by atoms with Gasteiger partial charge in [0.2, 0.25) is 0 Å². The number of anilines is 1. The van der Waals surface area contributed by atoms with Crippen LogP contribution in [-0.2, 0) is 15.7 Å². The van der Waals surface area contributed by atoms with Crippen LogP contribution in [0.15, 0.2) is 48.8 Å². The Hall–Kier alpha value is -3.47. The van der Waals surface area contributed by atoms with Crippen LogP contribution < -0.4 is 5.32 Å². The predicted octanol–water partition coefficient (Wildman–Crippen LogP) is 3.52. The molecular formula is C18H13ClF3N5O3. The highest BCUT2D eigenvalue weighted by molar-refractivity contribution is 6.33. The van der Waals surface area contributed by atoms with Gasteiger partial charge in [-0.05, 0) is 53.7 Å². The van der Waals surface area contributed by atoms with Crippen molar-refractivity contribution in [1.82, 2.24) is 20.2 Å². The molecule has 0 unspecified atom stereocenters. The smallest absolute Gasteiger partial charge is 0.416 e. The van der Waals surface area contributed by atoms with Gasteiger partial charge in [-0.3, -0.25) is 4.79 Å². The van der Waals surface area contributed by atoms with E-state index in [9.17, 15) is 22.8 Å². The summed E-state index contributed by atoms with van der Waals surface area (Å²) in [7, 11) is 0. The first-order valence-corrected chi connectivity index (χ1v) is 8.75. The molecule has 3 rings (SSSR count). The van der Waals surface area contributed by atoms with Crippen molar-refractivity contribution in [2.24, 2.45) is 0 Å². The van der Waals surface area contributed by atoms with Crippen LogP contribution in [0, 0.1) is 0 Å². The van der Waals surface area contributed by atoms with Crippen LogP contribution in [-0.4, -0.2) is 38.2 Å². The first-order chi connectivity index (χ1) is 14.1. The van der Waals surface area contributed by atoms with Gasteiger partial charge >= 0.3 is 12.1 Å². The minimum Gasteiger partial charge on any atom is -0.449 e. The fraction of sp³-hybridized carbons (Fsp3) is 0.167. The number of alkyl halides is 3. The molecule has 0 saturated heterocycles. The Morgan fingerprint density at radius 1 is 1.20 bits per heavy atom. The summed E-state index contributed by atoms with van der Waals surface area (Å²) in [6, 6.07) is 8.64. The van der Waals surface area contributed by atoms with E-state index < -0.39 is 29.7 Å². The standard InChI is InChI=1S/C18H13ClF3N5O3/c1-10(16(28)24-15-8-12(18(20,21)22)5-6-14(15)19)30-17(29)11-3-2-4-13(7-11)27-9-23-25-26-27/h2-10H,1H3,(H,24,28)/t10-/m1/s1. The van der Waals surface area contributed by atoms with E-state index in [-0.39, 0.29) is 16.3 Å². The monoisotopic (exact) mass is 439 g/mol. The average Bonchev–Trinajstić information content (AvgIpc) is 3.23. The Bertz CT molecular complexity index is 1070. The van der Waals surface area contributed by atoms with E-state index in [0.717, 1.165) is 12.1 Å². The molecule has 8 nitrogen and oxygen atoms in total. The molecular weight excluding hydrogens is 427 g/mol. The fourth-order valence-electron chi connectivity index (χ4n) is 2.37. The van der Waals surface area contributed by atoms with Crippen molar-refractivity contribution < 1.29 is 27.5 Å². The van der Waals surface area contributed by atoms with Crippen LogP contribution in [0.3, 0.4) is 0 Å². The van der Waals surface area contributed by atoms with E-state index in [0.29, 0.717) is 11.8 Å². The summed E-state index contributed by atoms with van der Waals surface area (Å²) < 4.78 is 45.0. The first kappa shape index (κ1) is 21.2. The van der Waals surface area contributed by atoms with Gasteiger partial charge in [-0.2, -0.15) is 13.2 Å². The van der Waals surface area contributed by atoms with Crippen LogP contribution >= 0.6 is 11.6 Å².